The van der Waals surface area contributed by atoms with E-state index < -0.39 is 0 Å². The number of aromatic nitrogens is 3. The number of quaternary nitrogens is 1. The van der Waals surface area contributed by atoms with Crippen molar-refractivity contribution in [1.29, 1.82) is 0 Å². The van der Waals surface area contributed by atoms with E-state index in [0.29, 0.717) is 30.5 Å². The molecule has 4 heterocycles. The lowest BCUT2D eigenvalue weighted by Gasteiger charge is -2.46. The molecule has 1 amide bonds. The summed E-state index contributed by atoms with van der Waals surface area (Å²) in [7, 11) is 1.67. The fourth-order valence-corrected chi connectivity index (χ4v) is 4.22. The minimum absolute atomic E-state index is 0.218. The number of amides is 1. The van der Waals surface area contributed by atoms with Crippen LogP contribution in [0.15, 0.2) is 6.20 Å². The number of piperidine rings is 3. The van der Waals surface area contributed by atoms with Crippen LogP contribution in [0.4, 0.5) is 0 Å². The minimum Gasteiger partial charge on any atom is -0.378 e. The molecule has 2 N–H and O–H groups in total. The number of hydrogen-bond acceptors (Lipinski definition) is 4. The van der Waals surface area contributed by atoms with Gasteiger partial charge in [0.15, 0.2) is 0 Å². The molecular formula is C16H26N5O2+. The molecular weight excluding hydrogens is 294 g/mol. The van der Waals surface area contributed by atoms with E-state index in [4.69, 9.17) is 4.74 Å². The second-order valence-electron chi connectivity index (χ2n) is 7.35. The van der Waals surface area contributed by atoms with E-state index >= 15 is 0 Å². The van der Waals surface area contributed by atoms with Gasteiger partial charge in [0.25, 0.3) is 0 Å². The molecule has 23 heavy (non-hydrogen) atoms. The standard InChI is InChI=1S/C16H25N5O2/c1-23-10-13-7-21(19-18-13)8-14-6-11-4-5-20(14)9-15(11)16(22)17-12-2-3-12/h7,11-12,14-15H,2-6,8-10H2,1H3,(H,17,22)/p+1/t11-,14+,15-/m0/s1. The SMILES string of the molecule is COCc1cn(C[C@H]2C[C@@H]3CC[NH+]2C[C@@H]3C(=O)NC2CC2)nn1. The Hall–Kier alpha value is -1.47. The Morgan fingerprint density at radius 1 is 1.48 bits per heavy atom. The molecule has 4 aliphatic rings. The highest BCUT2D eigenvalue weighted by Gasteiger charge is 2.47. The Bertz CT molecular complexity index is 571. The van der Waals surface area contributed by atoms with Gasteiger partial charge in [0.1, 0.15) is 11.7 Å². The molecule has 1 aliphatic carbocycles. The van der Waals surface area contributed by atoms with E-state index in [1.807, 2.05) is 10.9 Å². The number of carbonyl (C=O) groups excluding carboxylic acids is 1. The molecule has 3 aliphatic heterocycles. The summed E-state index contributed by atoms with van der Waals surface area (Å²) in [5.74, 6) is 1.06. The van der Waals surface area contributed by atoms with Gasteiger partial charge in [0.05, 0.1) is 38.4 Å². The topological polar surface area (TPSA) is 73.5 Å². The predicted octanol–water partition coefficient (Wildman–Crippen LogP) is -1.00. The molecule has 126 valence electrons. The van der Waals surface area contributed by atoms with Crippen LogP contribution < -0.4 is 10.2 Å². The van der Waals surface area contributed by atoms with Gasteiger partial charge in [0, 0.05) is 26.0 Å². The van der Waals surface area contributed by atoms with Crippen LogP contribution in [0.1, 0.15) is 31.4 Å². The third kappa shape index (κ3) is 3.26. The summed E-state index contributed by atoms with van der Waals surface area (Å²) in [5, 5.41) is 11.5. The fraction of sp³-hybridized carbons (Fsp3) is 0.812. The average Bonchev–Trinajstić information content (AvgIpc) is 3.27. The van der Waals surface area contributed by atoms with Crippen LogP contribution >= 0.6 is 0 Å². The molecule has 4 fully saturated rings. The van der Waals surface area contributed by atoms with Crippen LogP contribution in [0.2, 0.25) is 0 Å². The number of rotatable bonds is 6. The van der Waals surface area contributed by atoms with Crippen molar-refractivity contribution >= 4 is 5.91 Å². The Kier molecular flexibility index (Phi) is 4.07. The quantitative estimate of drug-likeness (QED) is 0.705. The third-order valence-corrected chi connectivity index (χ3v) is 5.60. The maximum atomic E-state index is 12.4. The maximum Gasteiger partial charge on any atom is 0.229 e. The summed E-state index contributed by atoms with van der Waals surface area (Å²) in [4.78, 5) is 14.0. The van der Waals surface area contributed by atoms with Crippen LogP contribution in [0.25, 0.3) is 0 Å². The Morgan fingerprint density at radius 3 is 3.04 bits per heavy atom. The number of nitrogens with one attached hydrogen (secondary N) is 2. The number of carbonyl (C=O) groups is 1. The normalized spacial score (nSPS) is 32.9. The predicted molar refractivity (Wildman–Crippen MR) is 82.6 cm³/mol. The lowest BCUT2D eigenvalue weighted by Crippen LogP contribution is -3.20. The highest BCUT2D eigenvalue weighted by atomic mass is 16.5. The van der Waals surface area contributed by atoms with E-state index in [0.717, 1.165) is 25.2 Å². The summed E-state index contributed by atoms with van der Waals surface area (Å²) in [6.45, 7) is 3.56. The number of nitrogens with zero attached hydrogens (tertiary/aromatic N) is 3. The van der Waals surface area contributed by atoms with Crippen molar-refractivity contribution in [3.8, 4) is 0 Å². The third-order valence-electron chi connectivity index (χ3n) is 5.60. The zero-order valence-electron chi connectivity index (χ0n) is 13.7. The van der Waals surface area contributed by atoms with Gasteiger partial charge in [-0.25, -0.2) is 4.68 Å². The van der Waals surface area contributed by atoms with Gasteiger partial charge in [0.2, 0.25) is 5.91 Å². The van der Waals surface area contributed by atoms with E-state index in [2.05, 4.69) is 15.6 Å². The van der Waals surface area contributed by atoms with Crippen LogP contribution in [0.5, 0.6) is 0 Å². The van der Waals surface area contributed by atoms with Crippen LogP contribution in [0, 0.1) is 11.8 Å². The molecule has 1 aromatic heterocycles. The van der Waals surface area contributed by atoms with Crippen LogP contribution in [-0.4, -0.2) is 53.2 Å². The van der Waals surface area contributed by atoms with Gasteiger partial charge in [-0.05, 0) is 18.8 Å². The van der Waals surface area contributed by atoms with E-state index in [1.54, 1.807) is 12.0 Å². The van der Waals surface area contributed by atoms with Crippen molar-refractivity contribution < 1.29 is 14.4 Å². The van der Waals surface area contributed by atoms with Gasteiger partial charge < -0.3 is 15.0 Å². The first-order valence-corrected chi connectivity index (χ1v) is 8.76. The second-order valence-corrected chi connectivity index (χ2v) is 7.35. The van der Waals surface area contributed by atoms with Crippen molar-refractivity contribution in [2.45, 2.75) is 50.9 Å². The molecule has 3 saturated heterocycles. The summed E-state index contributed by atoms with van der Waals surface area (Å²) in [5.41, 5.74) is 0.875. The Balaban J connectivity index is 1.36. The van der Waals surface area contributed by atoms with Crippen molar-refractivity contribution in [3.05, 3.63) is 11.9 Å². The first-order chi connectivity index (χ1) is 11.2. The molecule has 2 bridgehead atoms. The van der Waals surface area contributed by atoms with Gasteiger partial charge in [-0.1, -0.05) is 5.21 Å². The zero-order chi connectivity index (χ0) is 15.8. The number of hydrogen-bond donors (Lipinski definition) is 2. The second kappa shape index (κ2) is 6.20. The minimum atomic E-state index is 0.218. The Labute approximate surface area is 136 Å². The number of ether oxygens (including phenoxy) is 1. The van der Waals surface area contributed by atoms with Gasteiger partial charge in [-0.2, -0.15) is 0 Å². The van der Waals surface area contributed by atoms with Crippen molar-refractivity contribution in [1.82, 2.24) is 20.3 Å². The molecule has 0 radical (unpaired) electrons. The van der Waals surface area contributed by atoms with Crippen molar-refractivity contribution in [2.24, 2.45) is 11.8 Å². The maximum absolute atomic E-state index is 12.4. The van der Waals surface area contributed by atoms with Gasteiger partial charge in [-0.3, -0.25) is 4.79 Å². The molecule has 7 heteroatoms. The summed E-state index contributed by atoms with van der Waals surface area (Å²) >= 11 is 0. The average molecular weight is 320 g/mol. The highest BCUT2D eigenvalue weighted by Crippen LogP contribution is 2.29. The van der Waals surface area contributed by atoms with E-state index in [-0.39, 0.29) is 5.92 Å². The fourth-order valence-electron chi connectivity index (χ4n) is 4.22. The molecule has 0 aromatic carbocycles. The molecule has 4 atom stereocenters. The largest absolute Gasteiger partial charge is 0.378 e. The lowest BCUT2D eigenvalue weighted by atomic mass is 9.75. The summed E-state index contributed by atoms with van der Waals surface area (Å²) in [6.07, 6.45) is 6.61. The van der Waals surface area contributed by atoms with Crippen LogP contribution in [-0.2, 0) is 22.7 Å². The van der Waals surface area contributed by atoms with Crippen molar-refractivity contribution in [3.63, 3.8) is 0 Å². The number of fused-ring (bicyclic) bond motifs is 3. The monoisotopic (exact) mass is 320 g/mol. The molecule has 7 nitrogen and oxygen atoms in total. The van der Waals surface area contributed by atoms with E-state index in [1.165, 1.54) is 25.8 Å². The molecule has 1 aromatic rings. The first kappa shape index (κ1) is 15.1. The molecule has 0 spiro atoms. The zero-order valence-corrected chi connectivity index (χ0v) is 13.7. The van der Waals surface area contributed by atoms with E-state index in [9.17, 15) is 4.79 Å². The molecule has 1 saturated carbocycles. The van der Waals surface area contributed by atoms with Crippen molar-refractivity contribution in [2.75, 3.05) is 20.2 Å². The van der Waals surface area contributed by atoms with Gasteiger partial charge in [-0.15, -0.1) is 5.10 Å². The first-order valence-electron chi connectivity index (χ1n) is 8.76. The molecule has 1 unspecified atom stereocenters. The van der Waals surface area contributed by atoms with Crippen LogP contribution in [0.3, 0.4) is 0 Å². The number of methoxy groups -OCH3 is 1. The lowest BCUT2D eigenvalue weighted by molar-refractivity contribution is -0.945. The van der Waals surface area contributed by atoms with Gasteiger partial charge >= 0.3 is 0 Å². The summed E-state index contributed by atoms with van der Waals surface area (Å²) < 4.78 is 7.03. The summed E-state index contributed by atoms with van der Waals surface area (Å²) in [6, 6.07) is 1.02. The Morgan fingerprint density at radius 2 is 2.35 bits per heavy atom. The molecule has 5 rings (SSSR count). The highest BCUT2D eigenvalue weighted by molar-refractivity contribution is 5.79. The smallest absolute Gasteiger partial charge is 0.229 e.